The number of benzene rings is 3. The zero-order chi connectivity index (χ0) is 27.4. The first kappa shape index (κ1) is 26.6. The van der Waals surface area contributed by atoms with Crippen molar-refractivity contribution in [3.05, 3.63) is 92.2 Å². The molecule has 0 fully saturated rings. The van der Waals surface area contributed by atoms with E-state index in [4.69, 9.17) is 26.8 Å². The van der Waals surface area contributed by atoms with Gasteiger partial charge in [-0.15, -0.1) is 0 Å². The smallest absolute Gasteiger partial charge is 0.261 e. The summed E-state index contributed by atoms with van der Waals surface area (Å²) in [5, 5.41) is 6.66. The number of aromatic nitrogens is 1. The molecule has 4 rings (SSSR count). The Morgan fingerprint density at radius 1 is 1.00 bits per heavy atom. The molecule has 1 heterocycles. The molecule has 0 spiro atoms. The number of anilines is 2. The van der Waals surface area contributed by atoms with Crippen LogP contribution in [0.3, 0.4) is 0 Å². The van der Waals surface area contributed by atoms with Crippen LogP contribution in [0.25, 0.3) is 10.9 Å². The molecule has 0 aliphatic rings. The van der Waals surface area contributed by atoms with Crippen LogP contribution in [-0.2, 0) is 6.42 Å². The van der Waals surface area contributed by atoms with E-state index < -0.39 is 11.5 Å². The van der Waals surface area contributed by atoms with Gasteiger partial charge in [0.15, 0.2) is 11.5 Å². The van der Waals surface area contributed by atoms with Crippen molar-refractivity contribution in [3.63, 3.8) is 0 Å². The van der Waals surface area contributed by atoms with Gasteiger partial charge in [0.1, 0.15) is 5.56 Å². The summed E-state index contributed by atoms with van der Waals surface area (Å²) in [6.45, 7) is 2.14. The van der Waals surface area contributed by atoms with Gasteiger partial charge in [0.25, 0.3) is 17.4 Å². The topological polar surface area (TPSA) is 136 Å². The minimum Gasteiger partial charge on any atom is -0.493 e. The summed E-state index contributed by atoms with van der Waals surface area (Å²) in [4.78, 5) is 41.2. The molecule has 0 saturated carbocycles. The molecule has 3 aromatic carbocycles. The molecule has 0 unspecified atom stereocenters. The number of methoxy groups -OCH3 is 2. The molecule has 2 amide bonds. The summed E-state index contributed by atoms with van der Waals surface area (Å²) in [7, 11) is 3.00. The number of nitrogen functional groups attached to an aromatic ring is 1. The number of carbonyl (C=O) groups excluding carboxylic acids is 2. The average molecular weight is 535 g/mol. The average Bonchev–Trinajstić information content (AvgIpc) is 2.90. The number of carbonyl (C=O) groups is 2. The second-order valence-corrected chi connectivity index (χ2v) is 9.02. The van der Waals surface area contributed by atoms with Crippen molar-refractivity contribution in [2.75, 3.05) is 31.8 Å². The maximum Gasteiger partial charge on any atom is 0.261 e. The van der Waals surface area contributed by atoms with E-state index in [2.05, 4.69) is 15.6 Å². The molecule has 0 aliphatic carbocycles. The molecule has 0 aliphatic heterocycles. The first-order valence-electron chi connectivity index (χ1n) is 11.7. The highest BCUT2D eigenvalue weighted by Crippen LogP contribution is 2.31. The van der Waals surface area contributed by atoms with Crippen LogP contribution in [-0.4, -0.2) is 37.6 Å². The Bertz CT molecular complexity index is 1600. The Labute approximate surface area is 223 Å². The van der Waals surface area contributed by atoms with Crippen molar-refractivity contribution in [3.8, 4) is 11.5 Å². The van der Waals surface area contributed by atoms with Gasteiger partial charge < -0.3 is 30.8 Å². The van der Waals surface area contributed by atoms with Crippen LogP contribution in [0.2, 0.25) is 5.02 Å². The summed E-state index contributed by atoms with van der Waals surface area (Å²) in [5.41, 5.74) is 8.66. The Balaban J connectivity index is 1.50. The van der Waals surface area contributed by atoms with E-state index in [1.807, 2.05) is 6.07 Å². The Morgan fingerprint density at radius 2 is 1.74 bits per heavy atom. The van der Waals surface area contributed by atoms with Gasteiger partial charge in [-0.05, 0) is 54.8 Å². The second kappa shape index (κ2) is 11.3. The number of para-hydroxylation sites is 1. The fourth-order valence-electron chi connectivity index (χ4n) is 4.00. The van der Waals surface area contributed by atoms with Crippen LogP contribution in [0.4, 0.5) is 11.4 Å². The van der Waals surface area contributed by atoms with Gasteiger partial charge in [-0.25, -0.2) is 0 Å². The highest BCUT2D eigenvalue weighted by atomic mass is 35.5. The van der Waals surface area contributed by atoms with Gasteiger partial charge in [0.2, 0.25) is 0 Å². The molecule has 196 valence electrons. The van der Waals surface area contributed by atoms with Crippen molar-refractivity contribution in [1.29, 1.82) is 0 Å². The summed E-state index contributed by atoms with van der Waals surface area (Å²) in [5.74, 6) is -0.00802. The van der Waals surface area contributed by atoms with E-state index in [0.717, 1.165) is 11.1 Å². The number of halogens is 1. The summed E-state index contributed by atoms with van der Waals surface area (Å²) in [6.07, 6.45) is 0.509. The Kier molecular flexibility index (Phi) is 7.87. The maximum atomic E-state index is 13.1. The summed E-state index contributed by atoms with van der Waals surface area (Å²) < 4.78 is 10.6. The molecule has 0 saturated heterocycles. The normalized spacial score (nSPS) is 10.7. The molecular weight excluding hydrogens is 508 g/mol. The lowest BCUT2D eigenvalue weighted by Crippen LogP contribution is -2.26. The van der Waals surface area contributed by atoms with E-state index in [0.29, 0.717) is 57.3 Å². The van der Waals surface area contributed by atoms with Gasteiger partial charge in [0, 0.05) is 29.2 Å². The van der Waals surface area contributed by atoms with Crippen LogP contribution < -0.4 is 31.4 Å². The fourth-order valence-corrected chi connectivity index (χ4v) is 4.20. The minimum atomic E-state index is -0.611. The largest absolute Gasteiger partial charge is 0.493 e. The third-order valence-electron chi connectivity index (χ3n) is 6.16. The second-order valence-electron chi connectivity index (χ2n) is 8.61. The molecule has 9 nitrogen and oxygen atoms in total. The van der Waals surface area contributed by atoms with Crippen molar-refractivity contribution in [2.45, 2.75) is 13.3 Å². The third-order valence-corrected chi connectivity index (χ3v) is 6.49. The van der Waals surface area contributed by atoms with Crippen LogP contribution in [0, 0.1) is 6.92 Å². The van der Waals surface area contributed by atoms with Crippen molar-refractivity contribution in [1.82, 2.24) is 10.3 Å². The lowest BCUT2D eigenvalue weighted by Gasteiger charge is -2.12. The van der Waals surface area contributed by atoms with Crippen LogP contribution in [0.1, 0.15) is 31.8 Å². The van der Waals surface area contributed by atoms with Gasteiger partial charge in [-0.1, -0.05) is 29.8 Å². The lowest BCUT2D eigenvalue weighted by molar-refractivity contribution is 0.0952. The number of amides is 2. The number of hydrogen-bond acceptors (Lipinski definition) is 6. The quantitative estimate of drug-likeness (QED) is 0.249. The number of hydrogen-bond donors (Lipinski definition) is 4. The minimum absolute atomic E-state index is 0.0851. The number of nitrogens with two attached hydrogens (primary N) is 1. The van der Waals surface area contributed by atoms with Gasteiger partial charge in [-0.2, -0.15) is 0 Å². The van der Waals surface area contributed by atoms with E-state index in [9.17, 15) is 14.4 Å². The number of H-pyrrole nitrogens is 1. The molecule has 0 radical (unpaired) electrons. The molecule has 10 heteroatoms. The number of aryl methyl sites for hydroxylation is 1. The number of ether oxygens (including phenoxy) is 2. The fraction of sp³-hybridized carbons (Fsp3) is 0.179. The number of rotatable bonds is 8. The highest BCUT2D eigenvalue weighted by Gasteiger charge is 2.16. The zero-order valence-electron chi connectivity index (χ0n) is 21.1. The van der Waals surface area contributed by atoms with E-state index in [1.54, 1.807) is 49.4 Å². The molecule has 38 heavy (non-hydrogen) atoms. The van der Waals surface area contributed by atoms with E-state index in [1.165, 1.54) is 20.3 Å². The van der Waals surface area contributed by atoms with Gasteiger partial charge in [-0.3, -0.25) is 14.4 Å². The monoisotopic (exact) mass is 534 g/mol. The highest BCUT2D eigenvalue weighted by molar-refractivity contribution is 6.33. The van der Waals surface area contributed by atoms with Crippen LogP contribution >= 0.6 is 11.6 Å². The molecule has 5 N–H and O–H groups in total. The summed E-state index contributed by atoms with van der Waals surface area (Å²) >= 11 is 6.05. The lowest BCUT2D eigenvalue weighted by atomic mass is 10.1. The Morgan fingerprint density at radius 3 is 2.47 bits per heavy atom. The van der Waals surface area contributed by atoms with E-state index >= 15 is 0 Å². The number of aromatic amines is 1. The number of pyridine rings is 1. The molecule has 0 atom stereocenters. The predicted molar refractivity (Wildman–Crippen MR) is 149 cm³/mol. The molecule has 4 aromatic rings. The maximum absolute atomic E-state index is 13.1. The first-order chi connectivity index (χ1) is 18.2. The van der Waals surface area contributed by atoms with Crippen molar-refractivity contribution < 1.29 is 19.1 Å². The first-order valence-corrected chi connectivity index (χ1v) is 12.1. The molecule has 0 bridgehead atoms. The third kappa shape index (κ3) is 5.57. The van der Waals surface area contributed by atoms with Gasteiger partial charge >= 0.3 is 0 Å². The van der Waals surface area contributed by atoms with E-state index in [-0.39, 0.29) is 11.5 Å². The van der Waals surface area contributed by atoms with Crippen molar-refractivity contribution in [2.24, 2.45) is 0 Å². The number of fused-ring (bicyclic) bond motifs is 1. The molecular formula is C28H27ClN4O5. The summed E-state index contributed by atoms with van der Waals surface area (Å²) in [6, 6.07) is 15.1. The van der Waals surface area contributed by atoms with Gasteiger partial charge in [0.05, 0.1) is 30.4 Å². The molecule has 1 aromatic heterocycles. The standard InChI is InChI=1S/C28H27ClN4O5/c1-15-7-8-17(26(34)31-10-9-16-5-4-6-20(29)25(16)30)12-21(15)32-27(35)19-11-18-13-23(37-2)24(38-3)14-22(18)33-28(19)36/h4-8,11-14H,9-10,30H2,1-3H3,(H,31,34)(H,32,35)(H,33,36). The van der Waals surface area contributed by atoms with Crippen molar-refractivity contribution >= 4 is 45.7 Å². The predicted octanol–water partition coefficient (Wildman–Crippen LogP) is 4.31. The zero-order valence-corrected chi connectivity index (χ0v) is 21.9. The van der Waals surface area contributed by atoms with Crippen LogP contribution in [0.5, 0.6) is 11.5 Å². The van der Waals surface area contributed by atoms with Crippen LogP contribution in [0.15, 0.2) is 59.4 Å². The number of nitrogens with one attached hydrogen (secondary N) is 3. The SMILES string of the molecule is COc1cc2cc(C(=O)Nc3cc(C(=O)NCCc4cccc(Cl)c4N)ccc3C)c(=O)[nH]c2cc1OC. The Hall–Kier alpha value is -4.50.